The number of ether oxygens (including phenoxy) is 2. The van der Waals surface area contributed by atoms with Gasteiger partial charge in [0.1, 0.15) is 23.0 Å². The van der Waals surface area contributed by atoms with Crippen LogP contribution in [0.4, 0.5) is 0 Å². The van der Waals surface area contributed by atoms with Gasteiger partial charge in [-0.15, -0.1) is 0 Å². The summed E-state index contributed by atoms with van der Waals surface area (Å²) in [5, 5.41) is 25.0. The molecular formula is C61H48O4. The second kappa shape index (κ2) is 15.5. The number of fused-ring (bicyclic) bond motifs is 16. The van der Waals surface area contributed by atoms with E-state index in [0.717, 1.165) is 111 Å². The normalized spacial score (nSPS) is 14.7. The first kappa shape index (κ1) is 40.0. The van der Waals surface area contributed by atoms with E-state index in [1.54, 1.807) is 12.1 Å². The molecule has 0 aromatic heterocycles. The molecule has 0 atom stereocenters. The lowest BCUT2D eigenvalue weighted by atomic mass is 9.79. The average molecular weight is 845 g/mol. The molecular weight excluding hydrogens is 797 g/mol. The zero-order valence-corrected chi connectivity index (χ0v) is 36.9. The number of hydrogen-bond acceptors (Lipinski definition) is 4. The van der Waals surface area contributed by atoms with Crippen molar-refractivity contribution in [2.45, 2.75) is 45.3 Å². The van der Waals surface area contributed by atoms with Crippen LogP contribution in [0.25, 0.3) is 54.9 Å². The molecule has 2 aliphatic heterocycles. The Labute approximate surface area is 380 Å². The number of benzene rings is 9. The SMILES string of the molecule is CC.CCC.Oc1ccc2c3c(ccc2c1)OC1(C=C3c2cccc(C3=CC4(Oc5ccc6cc(O)ccc6c53)c3ccccc3-c3ccccc34)c2)c2ccccc2-c2ccccc21. The van der Waals surface area contributed by atoms with Crippen molar-refractivity contribution in [1.29, 1.82) is 0 Å². The van der Waals surface area contributed by atoms with Crippen molar-refractivity contribution in [2.75, 3.05) is 0 Å². The lowest BCUT2D eigenvalue weighted by molar-refractivity contribution is 0.165. The van der Waals surface area contributed by atoms with Crippen LogP contribution in [0, 0.1) is 0 Å². The van der Waals surface area contributed by atoms with Gasteiger partial charge in [0, 0.05) is 33.4 Å². The predicted molar refractivity (Wildman–Crippen MR) is 266 cm³/mol. The third kappa shape index (κ3) is 5.97. The molecule has 0 amide bonds. The molecule has 0 fully saturated rings. The Morgan fingerprint density at radius 3 is 1.12 bits per heavy atom. The second-order valence-electron chi connectivity index (χ2n) is 16.9. The zero-order valence-electron chi connectivity index (χ0n) is 36.9. The van der Waals surface area contributed by atoms with Crippen LogP contribution >= 0.6 is 0 Å². The molecule has 9 aromatic rings. The van der Waals surface area contributed by atoms with E-state index in [0.29, 0.717) is 0 Å². The first-order valence-corrected chi connectivity index (χ1v) is 22.8. The molecule has 4 heteroatoms. The van der Waals surface area contributed by atoms with Gasteiger partial charge in [0.15, 0.2) is 11.2 Å². The summed E-state index contributed by atoms with van der Waals surface area (Å²) in [6.07, 6.45) is 5.89. The highest BCUT2D eigenvalue weighted by molar-refractivity contribution is 6.05. The van der Waals surface area contributed by atoms with E-state index < -0.39 is 11.2 Å². The van der Waals surface area contributed by atoms with Crippen molar-refractivity contribution < 1.29 is 19.7 Å². The molecule has 0 unspecified atom stereocenters. The quantitative estimate of drug-likeness (QED) is 0.182. The summed E-state index contributed by atoms with van der Waals surface area (Å²) in [6, 6.07) is 62.4. The lowest BCUT2D eigenvalue weighted by Crippen LogP contribution is -2.33. The van der Waals surface area contributed by atoms with Crippen LogP contribution in [0.1, 0.15) is 78.6 Å². The molecule has 0 radical (unpaired) electrons. The third-order valence-electron chi connectivity index (χ3n) is 13.1. The van der Waals surface area contributed by atoms with E-state index in [2.05, 4.69) is 159 Å². The fourth-order valence-corrected chi connectivity index (χ4v) is 10.6. The standard InChI is InChI=1S/C56H34O4.C3H8.C2H6/c57-37-22-24-39-35(29-37)20-26-51-53(39)45(31-55(59-51)47-16-5-1-12-41(47)42-13-2-6-17-48(42)55)33-10-9-11-34(28-33)46-32-56(49-18-7-3-14-43(49)44-15-4-8-19-50(44)56)60-52-27-21-36-30-38(58)23-25-40(36)54(46)52;1-3-2;1-2/h1-32,57-58H;3H2,1-2H3;1-2H3. The van der Waals surface area contributed by atoms with Gasteiger partial charge < -0.3 is 19.7 Å². The van der Waals surface area contributed by atoms with Gasteiger partial charge in [-0.3, -0.25) is 0 Å². The van der Waals surface area contributed by atoms with E-state index in [1.165, 1.54) is 6.42 Å². The van der Waals surface area contributed by atoms with Gasteiger partial charge in [0.25, 0.3) is 0 Å². The minimum atomic E-state index is -0.875. The van der Waals surface area contributed by atoms with Gasteiger partial charge in [-0.1, -0.05) is 162 Å². The van der Waals surface area contributed by atoms with Gasteiger partial charge >= 0.3 is 0 Å². The highest BCUT2D eigenvalue weighted by Gasteiger charge is 2.49. The molecule has 2 heterocycles. The van der Waals surface area contributed by atoms with Crippen LogP contribution in [0.5, 0.6) is 23.0 Å². The summed E-state index contributed by atoms with van der Waals surface area (Å²) in [7, 11) is 0. The first-order chi connectivity index (χ1) is 31.9. The highest BCUT2D eigenvalue weighted by atomic mass is 16.5. The van der Waals surface area contributed by atoms with Gasteiger partial charge in [-0.25, -0.2) is 0 Å². The summed E-state index contributed by atoms with van der Waals surface area (Å²) in [6.45, 7) is 8.25. The van der Waals surface area contributed by atoms with Gasteiger partial charge in [0.2, 0.25) is 0 Å². The number of phenolic OH excluding ortho intramolecular Hbond substituents is 2. The molecule has 4 nitrogen and oxygen atoms in total. The fraction of sp³-hybridized carbons (Fsp3) is 0.115. The smallest absolute Gasteiger partial charge is 0.179 e. The van der Waals surface area contributed by atoms with E-state index in [1.807, 2.05) is 50.2 Å². The predicted octanol–water partition coefficient (Wildman–Crippen LogP) is 15.3. The van der Waals surface area contributed by atoms with Crippen LogP contribution in [0.3, 0.4) is 0 Å². The maximum absolute atomic E-state index is 10.6. The van der Waals surface area contributed by atoms with Crippen LogP contribution in [0.2, 0.25) is 0 Å². The zero-order chi connectivity index (χ0) is 44.5. The van der Waals surface area contributed by atoms with Crippen molar-refractivity contribution in [3.05, 3.63) is 239 Å². The van der Waals surface area contributed by atoms with E-state index >= 15 is 0 Å². The van der Waals surface area contributed by atoms with Gasteiger partial charge in [-0.2, -0.15) is 0 Å². The first-order valence-electron chi connectivity index (χ1n) is 22.8. The van der Waals surface area contributed by atoms with Gasteiger partial charge in [-0.05, 0) is 133 Å². The number of rotatable bonds is 2. The topological polar surface area (TPSA) is 58.9 Å². The van der Waals surface area contributed by atoms with Crippen molar-refractivity contribution in [3.63, 3.8) is 0 Å². The molecule has 0 bridgehead atoms. The van der Waals surface area contributed by atoms with E-state index in [-0.39, 0.29) is 11.5 Å². The molecule has 65 heavy (non-hydrogen) atoms. The highest BCUT2D eigenvalue weighted by Crippen LogP contribution is 2.58. The molecule has 4 aliphatic rings. The lowest BCUT2D eigenvalue weighted by Gasteiger charge is -2.37. The Kier molecular flexibility index (Phi) is 9.51. The monoisotopic (exact) mass is 844 g/mol. The van der Waals surface area contributed by atoms with Crippen molar-refractivity contribution in [2.24, 2.45) is 0 Å². The Morgan fingerprint density at radius 2 is 0.754 bits per heavy atom. The van der Waals surface area contributed by atoms with Crippen molar-refractivity contribution >= 4 is 32.7 Å². The minimum absolute atomic E-state index is 0.219. The maximum atomic E-state index is 10.6. The summed E-state index contributed by atoms with van der Waals surface area (Å²) >= 11 is 0. The fourth-order valence-electron chi connectivity index (χ4n) is 10.6. The largest absolute Gasteiger partial charge is 0.508 e. The Morgan fingerprint density at radius 1 is 0.400 bits per heavy atom. The summed E-state index contributed by atoms with van der Waals surface area (Å²) in [5.41, 5.74) is 13.4. The molecule has 0 saturated heterocycles. The maximum Gasteiger partial charge on any atom is 0.179 e. The molecule has 2 aliphatic carbocycles. The van der Waals surface area contributed by atoms with E-state index in [4.69, 9.17) is 9.47 Å². The van der Waals surface area contributed by atoms with Crippen LogP contribution in [-0.2, 0) is 11.2 Å². The Hall–Kier alpha value is -7.82. The molecule has 9 aromatic carbocycles. The van der Waals surface area contributed by atoms with Crippen molar-refractivity contribution in [3.8, 4) is 45.3 Å². The number of hydrogen-bond donors (Lipinski definition) is 2. The summed E-state index contributed by atoms with van der Waals surface area (Å²) < 4.78 is 14.6. The van der Waals surface area contributed by atoms with Gasteiger partial charge in [0.05, 0.1) is 0 Å². The number of aromatic hydroxyl groups is 2. The summed E-state index contributed by atoms with van der Waals surface area (Å²) in [5.74, 6) is 2.00. The molecule has 13 rings (SSSR count). The number of phenols is 2. The van der Waals surface area contributed by atoms with Crippen molar-refractivity contribution in [1.82, 2.24) is 0 Å². The second-order valence-corrected chi connectivity index (χ2v) is 16.9. The molecule has 316 valence electrons. The van der Waals surface area contributed by atoms with Crippen LogP contribution in [-0.4, -0.2) is 10.2 Å². The molecule has 2 N–H and O–H groups in total. The minimum Gasteiger partial charge on any atom is -0.508 e. The van der Waals surface area contributed by atoms with E-state index in [9.17, 15) is 10.2 Å². The Bertz CT molecular complexity index is 3130. The molecule has 2 spiro atoms. The average Bonchev–Trinajstić information content (AvgIpc) is 3.77. The summed E-state index contributed by atoms with van der Waals surface area (Å²) in [4.78, 5) is 0. The Balaban J connectivity index is 0.000000903. The van der Waals surface area contributed by atoms with Crippen LogP contribution < -0.4 is 9.47 Å². The van der Waals surface area contributed by atoms with Crippen LogP contribution in [0.15, 0.2) is 194 Å². The molecule has 0 saturated carbocycles. The third-order valence-corrected chi connectivity index (χ3v) is 13.1.